The van der Waals surface area contributed by atoms with Crippen molar-refractivity contribution in [1.29, 1.82) is 0 Å². The molecular weight excluding hydrogens is 460 g/mol. The fraction of sp³-hybridized carbons (Fsp3) is 0.759. The van der Waals surface area contributed by atoms with Crippen LogP contribution in [0.15, 0.2) is 30.3 Å². The first kappa shape index (κ1) is 22.6. The number of carbonyl (C=O) groups excluding carboxylic acids is 1. The Balaban J connectivity index is 1.44. The van der Waals surface area contributed by atoms with Gasteiger partial charge in [-0.1, -0.05) is 58.0 Å². The van der Waals surface area contributed by atoms with Crippen LogP contribution in [0.2, 0.25) is 0 Å². The Kier molecular flexibility index (Phi) is 3.84. The molecule has 1 unspecified atom stereocenters. The van der Waals surface area contributed by atoms with Crippen LogP contribution in [0.4, 0.5) is 0 Å². The summed E-state index contributed by atoms with van der Waals surface area (Å²) in [7, 11) is 1.61. The summed E-state index contributed by atoms with van der Waals surface area (Å²) in [6, 6.07) is 9.97. The zero-order chi connectivity index (χ0) is 25.3. The predicted octanol–water partition coefficient (Wildman–Crippen LogP) is 2.84. The zero-order valence-corrected chi connectivity index (χ0v) is 21.6. The molecule has 8 fully saturated rings. The molecule has 36 heavy (non-hydrogen) atoms. The Morgan fingerprint density at radius 1 is 1.03 bits per heavy atom. The minimum absolute atomic E-state index is 0.106. The van der Waals surface area contributed by atoms with Gasteiger partial charge in [0.15, 0.2) is 6.29 Å². The zero-order valence-electron chi connectivity index (χ0n) is 21.6. The third kappa shape index (κ3) is 1.56. The summed E-state index contributed by atoms with van der Waals surface area (Å²) in [5.74, 6) is -0.336. The Morgan fingerprint density at radius 3 is 2.44 bits per heavy atom. The molecule has 0 amide bonds. The van der Waals surface area contributed by atoms with Crippen molar-refractivity contribution in [2.24, 2.45) is 44.3 Å². The van der Waals surface area contributed by atoms with Crippen LogP contribution in [0.5, 0.6) is 0 Å². The summed E-state index contributed by atoms with van der Waals surface area (Å²) in [6.45, 7) is 8.68. The third-order valence-corrected chi connectivity index (χ3v) is 13.2. The Hall–Kier alpha value is -1.35. The van der Waals surface area contributed by atoms with Crippen molar-refractivity contribution in [2.75, 3.05) is 13.9 Å². The molecule has 9 rings (SSSR count). The van der Waals surface area contributed by atoms with Crippen LogP contribution in [0.3, 0.4) is 0 Å². The number of ether oxygens (including phenoxy) is 4. The summed E-state index contributed by atoms with van der Waals surface area (Å²) < 4.78 is 25.8. The van der Waals surface area contributed by atoms with E-state index in [0.29, 0.717) is 12.8 Å². The van der Waals surface area contributed by atoms with Gasteiger partial charge >= 0.3 is 0 Å². The van der Waals surface area contributed by atoms with Gasteiger partial charge in [0.1, 0.15) is 12.6 Å². The van der Waals surface area contributed by atoms with E-state index in [1.54, 1.807) is 7.11 Å². The predicted molar refractivity (Wildman–Crippen MR) is 126 cm³/mol. The van der Waals surface area contributed by atoms with Crippen molar-refractivity contribution in [3.63, 3.8) is 0 Å². The maximum absolute atomic E-state index is 14.7. The molecule has 2 N–H and O–H groups in total. The summed E-state index contributed by atoms with van der Waals surface area (Å²) in [5.41, 5.74) is -3.23. The number of methoxy groups -OCH3 is 1. The molecule has 0 radical (unpaired) electrons. The lowest BCUT2D eigenvalue weighted by atomic mass is 9.18. The largest absolute Gasteiger partial charge is 0.390 e. The van der Waals surface area contributed by atoms with Crippen molar-refractivity contribution in [2.45, 2.75) is 77.3 Å². The first-order chi connectivity index (χ1) is 17.1. The van der Waals surface area contributed by atoms with Crippen LogP contribution >= 0.6 is 0 Å². The number of benzene rings is 1. The van der Waals surface area contributed by atoms with E-state index >= 15 is 0 Å². The van der Waals surface area contributed by atoms with Gasteiger partial charge in [0.05, 0.1) is 36.4 Å². The molecule has 6 bridgehead atoms. The molecule has 1 saturated heterocycles. The van der Waals surface area contributed by atoms with E-state index in [9.17, 15) is 15.0 Å². The van der Waals surface area contributed by atoms with Gasteiger partial charge in [-0.25, -0.2) is 0 Å². The fourth-order valence-corrected chi connectivity index (χ4v) is 13.1. The lowest BCUT2D eigenvalue weighted by Crippen LogP contribution is -2.90. The molecule has 13 atom stereocenters. The molecule has 1 aliphatic heterocycles. The molecular formula is C29H36O7. The average Bonchev–Trinajstić information content (AvgIpc) is 3.11. The smallest absolute Gasteiger partial charge is 0.184 e. The normalized spacial score (nSPS) is 60.2. The van der Waals surface area contributed by atoms with Crippen molar-refractivity contribution in [3.8, 4) is 0 Å². The SMILES string of the molecule is COCO[C@@H]1[C@H]2[C@@H]3C(=O)[C@]4(C)[C@@]56[C@H](CC[C@@]7(C)[C@@H](O)[C@H](O)[C@]4(C2(C)C)[C@@]157)OC(c1ccccc1)O[C@H]36. The van der Waals surface area contributed by atoms with Crippen molar-refractivity contribution in [3.05, 3.63) is 35.9 Å². The highest BCUT2D eigenvalue weighted by atomic mass is 16.7. The van der Waals surface area contributed by atoms with Gasteiger partial charge in [-0.2, -0.15) is 0 Å². The van der Waals surface area contributed by atoms with Gasteiger partial charge in [0, 0.05) is 45.7 Å². The molecule has 1 heterocycles. The number of ketones is 1. The van der Waals surface area contributed by atoms with E-state index < -0.39 is 51.0 Å². The first-order valence-electron chi connectivity index (χ1n) is 13.4. The Bertz CT molecular complexity index is 1190. The van der Waals surface area contributed by atoms with Crippen molar-refractivity contribution in [1.82, 2.24) is 0 Å². The number of hydrogen-bond donors (Lipinski definition) is 2. The molecule has 194 valence electrons. The average molecular weight is 497 g/mol. The molecule has 3 spiro atoms. The fourth-order valence-electron chi connectivity index (χ4n) is 13.1. The van der Waals surface area contributed by atoms with Crippen molar-refractivity contribution >= 4 is 5.78 Å². The summed E-state index contributed by atoms with van der Waals surface area (Å²) in [6.07, 6.45) is -2.05. The maximum Gasteiger partial charge on any atom is 0.184 e. The van der Waals surface area contributed by atoms with E-state index in [1.165, 1.54) is 0 Å². The number of aliphatic hydroxyl groups is 2. The van der Waals surface area contributed by atoms with Crippen LogP contribution in [-0.2, 0) is 23.7 Å². The van der Waals surface area contributed by atoms with Crippen LogP contribution in [0.25, 0.3) is 0 Å². The number of Topliss-reactive ketones (excluding diaryl/α,β-unsaturated/α-hetero) is 1. The maximum atomic E-state index is 14.7. The monoisotopic (exact) mass is 496 g/mol. The minimum Gasteiger partial charge on any atom is -0.390 e. The molecule has 0 aromatic heterocycles. The van der Waals surface area contributed by atoms with E-state index in [1.807, 2.05) is 30.3 Å². The van der Waals surface area contributed by atoms with Gasteiger partial charge in [0.25, 0.3) is 0 Å². The topological polar surface area (TPSA) is 94.5 Å². The highest BCUT2D eigenvalue weighted by Gasteiger charge is 3.12. The molecule has 7 aliphatic carbocycles. The van der Waals surface area contributed by atoms with Gasteiger partial charge in [-0.05, 0) is 18.3 Å². The number of carbonyl (C=O) groups is 1. The number of aliphatic hydroxyl groups excluding tert-OH is 2. The second kappa shape index (κ2) is 6.11. The van der Waals surface area contributed by atoms with E-state index in [4.69, 9.17) is 18.9 Å². The van der Waals surface area contributed by atoms with Gasteiger partial charge in [-0.15, -0.1) is 0 Å². The molecule has 7 nitrogen and oxygen atoms in total. The van der Waals surface area contributed by atoms with Gasteiger partial charge in [0.2, 0.25) is 0 Å². The van der Waals surface area contributed by atoms with E-state index in [0.717, 1.165) is 5.56 Å². The lowest BCUT2D eigenvalue weighted by Gasteiger charge is -2.84. The minimum atomic E-state index is -1.03. The third-order valence-electron chi connectivity index (χ3n) is 13.2. The van der Waals surface area contributed by atoms with Crippen LogP contribution in [0, 0.1) is 44.3 Å². The van der Waals surface area contributed by atoms with Gasteiger partial charge in [-0.3, -0.25) is 4.79 Å². The Labute approximate surface area is 211 Å². The molecule has 7 saturated carbocycles. The van der Waals surface area contributed by atoms with Gasteiger partial charge < -0.3 is 29.2 Å². The number of hydrogen-bond acceptors (Lipinski definition) is 7. The standard InChI is InChI=1S/C29H36O7/c1-24(2)17-16-18(30)26(4)27-15(35-23(36-21(16)27)14-9-7-6-8-10-14)11-12-25(3)19(31)20(32)28(24,26)29(25,27)22(17)34-13-33-5/h6-10,15-17,19-23,31-32H,11-13H2,1-5H3/t15-,16+,17+,19-,20-,21+,22+,23?,25-,26+,27-,28+,29+/m0/s1. The van der Waals surface area contributed by atoms with Crippen LogP contribution < -0.4 is 0 Å². The van der Waals surface area contributed by atoms with E-state index in [-0.39, 0.29) is 42.7 Å². The second-order valence-electron chi connectivity index (χ2n) is 13.5. The molecule has 1 aromatic carbocycles. The Morgan fingerprint density at radius 2 is 1.75 bits per heavy atom. The van der Waals surface area contributed by atoms with E-state index in [2.05, 4.69) is 27.7 Å². The van der Waals surface area contributed by atoms with Crippen molar-refractivity contribution < 1.29 is 34.0 Å². The quantitative estimate of drug-likeness (QED) is 0.619. The number of rotatable bonds is 4. The molecule has 8 aliphatic rings. The second-order valence-corrected chi connectivity index (χ2v) is 13.5. The summed E-state index contributed by atoms with van der Waals surface area (Å²) in [4.78, 5) is 14.7. The molecule has 1 aromatic rings. The van der Waals surface area contributed by atoms with Crippen LogP contribution in [-0.4, -0.2) is 60.4 Å². The highest BCUT2D eigenvalue weighted by Crippen LogP contribution is 3.05. The summed E-state index contributed by atoms with van der Waals surface area (Å²) >= 11 is 0. The molecule has 7 heteroatoms. The summed E-state index contributed by atoms with van der Waals surface area (Å²) in [5, 5.41) is 23.9. The highest BCUT2D eigenvalue weighted by molar-refractivity contribution is 5.99. The first-order valence-corrected chi connectivity index (χ1v) is 13.4. The lowest BCUT2D eigenvalue weighted by molar-refractivity contribution is -0.476. The van der Waals surface area contributed by atoms with Crippen LogP contribution in [0.1, 0.15) is 52.4 Å².